The van der Waals surface area contributed by atoms with Gasteiger partial charge in [-0.05, 0) is 61.2 Å². The lowest BCUT2D eigenvalue weighted by atomic mass is 9.85. The lowest BCUT2D eigenvalue weighted by Crippen LogP contribution is -2.36. The molecule has 0 aliphatic rings. The standard InChI is InChI=1S/C27H26FN3/c1-19-6-8-21(9-7-19)17-26(24-5-3-4-22(16-24)18-30)20(2)31-27(14-15-29)23-10-12-25(28)13-11-23/h3-13,16,20,26-27,31H,14,17H2,1-2H3/t20-,26+,27?/m0/s1. The van der Waals surface area contributed by atoms with E-state index in [1.54, 1.807) is 12.1 Å². The van der Waals surface area contributed by atoms with Crippen LogP contribution >= 0.6 is 0 Å². The Morgan fingerprint density at radius 2 is 1.65 bits per heavy atom. The van der Waals surface area contributed by atoms with Crippen LogP contribution in [0.2, 0.25) is 0 Å². The van der Waals surface area contributed by atoms with Crippen LogP contribution in [-0.4, -0.2) is 6.04 Å². The van der Waals surface area contributed by atoms with Crippen molar-refractivity contribution in [2.45, 2.75) is 44.7 Å². The molecular weight excluding hydrogens is 385 g/mol. The minimum Gasteiger partial charge on any atom is -0.306 e. The van der Waals surface area contributed by atoms with Crippen molar-refractivity contribution in [3.8, 4) is 12.1 Å². The van der Waals surface area contributed by atoms with Gasteiger partial charge >= 0.3 is 0 Å². The van der Waals surface area contributed by atoms with Gasteiger partial charge in [0.2, 0.25) is 0 Å². The maximum Gasteiger partial charge on any atom is 0.123 e. The highest BCUT2D eigenvalue weighted by Crippen LogP contribution is 2.28. The fourth-order valence-corrected chi connectivity index (χ4v) is 3.89. The zero-order valence-corrected chi connectivity index (χ0v) is 17.8. The van der Waals surface area contributed by atoms with E-state index in [9.17, 15) is 14.9 Å². The van der Waals surface area contributed by atoms with Crippen LogP contribution in [0.15, 0.2) is 72.8 Å². The van der Waals surface area contributed by atoms with E-state index in [0.29, 0.717) is 5.56 Å². The molecule has 3 nitrogen and oxygen atoms in total. The van der Waals surface area contributed by atoms with Crippen LogP contribution in [0.4, 0.5) is 4.39 Å². The molecule has 0 bridgehead atoms. The predicted octanol–water partition coefficient (Wildman–Crippen LogP) is 5.97. The second-order valence-electron chi connectivity index (χ2n) is 7.96. The Kier molecular flexibility index (Phi) is 7.55. The van der Waals surface area contributed by atoms with Gasteiger partial charge in [0.1, 0.15) is 5.82 Å². The van der Waals surface area contributed by atoms with E-state index in [1.807, 2.05) is 18.2 Å². The highest BCUT2D eigenvalue weighted by atomic mass is 19.1. The maximum atomic E-state index is 13.4. The minimum atomic E-state index is -0.293. The Bertz CT molecular complexity index is 1080. The Hall–Kier alpha value is -3.47. The first kappa shape index (κ1) is 22.2. The van der Waals surface area contributed by atoms with Crippen molar-refractivity contribution in [2.24, 2.45) is 0 Å². The summed E-state index contributed by atoms with van der Waals surface area (Å²) in [5.74, 6) is -0.198. The monoisotopic (exact) mass is 411 g/mol. The molecule has 1 unspecified atom stereocenters. The average molecular weight is 412 g/mol. The Morgan fingerprint density at radius 1 is 0.935 bits per heavy atom. The molecule has 3 atom stereocenters. The first-order chi connectivity index (χ1) is 15.0. The highest BCUT2D eigenvalue weighted by Gasteiger charge is 2.24. The van der Waals surface area contributed by atoms with Crippen LogP contribution in [-0.2, 0) is 6.42 Å². The number of nitrogens with one attached hydrogen (secondary N) is 1. The van der Waals surface area contributed by atoms with Crippen LogP contribution in [0.3, 0.4) is 0 Å². The van der Waals surface area contributed by atoms with Gasteiger partial charge in [-0.1, -0.05) is 54.1 Å². The van der Waals surface area contributed by atoms with Gasteiger partial charge in [0.05, 0.1) is 24.1 Å². The van der Waals surface area contributed by atoms with Gasteiger partial charge in [-0.15, -0.1) is 0 Å². The smallest absolute Gasteiger partial charge is 0.123 e. The number of hydrogen-bond donors (Lipinski definition) is 1. The van der Waals surface area contributed by atoms with E-state index in [0.717, 1.165) is 17.5 Å². The van der Waals surface area contributed by atoms with E-state index in [1.165, 1.54) is 23.3 Å². The van der Waals surface area contributed by atoms with E-state index >= 15 is 0 Å². The second kappa shape index (κ2) is 10.5. The average Bonchev–Trinajstić information content (AvgIpc) is 2.79. The Labute approximate surface area is 183 Å². The molecule has 0 saturated heterocycles. The molecule has 3 rings (SSSR count). The lowest BCUT2D eigenvalue weighted by molar-refractivity contribution is 0.400. The molecule has 0 heterocycles. The second-order valence-corrected chi connectivity index (χ2v) is 7.96. The summed E-state index contributed by atoms with van der Waals surface area (Å²) in [4.78, 5) is 0. The number of benzene rings is 3. The van der Waals surface area contributed by atoms with Crippen molar-refractivity contribution in [3.63, 3.8) is 0 Å². The third kappa shape index (κ3) is 6.01. The van der Waals surface area contributed by atoms with Crippen molar-refractivity contribution in [1.82, 2.24) is 5.32 Å². The molecule has 1 N–H and O–H groups in total. The minimum absolute atomic E-state index is 0.0126. The topological polar surface area (TPSA) is 59.6 Å². The van der Waals surface area contributed by atoms with Crippen LogP contribution in [0.25, 0.3) is 0 Å². The molecule has 0 amide bonds. The van der Waals surface area contributed by atoms with Crippen molar-refractivity contribution < 1.29 is 4.39 Å². The van der Waals surface area contributed by atoms with Crippen LogP contribution in [0, 0.1) is 35.4 Å². The largest absolute Gasteiger partial charge is 0.306 e. The van der Waals surface area contributed by atoms with Crippen molar-refractivity contribution >= 4 is 0 Å². The lowest BCUT2D eigenvalue weighted by Gasteiger charge is -2.30. The SMILES string of the molecule is Cc1ccc(C[C@@H](c2cccc(C#N)c2)[C@H](C)NC(CC#N)c2ccc(F)cc2)cc1. The van der Waals surface area contributed by atoms with E-state index in [2.05, 4.69) is 61.6 Å². The summed E-state index contributed by atoms with van der Waals surface area (Å²) < 4.78 is 13.4. The Balaban J connectivity index is 1.90. The van der Waals surface area contributed by atoms with Crippen molar-refractivity contribution in [2.75, 3.05) is 0 Å². The summed E-state index contributed by atoms with van der Waals surface area (Å²) in [5, 5.41) is 22.3. The molecule has 0 aliphatic carbocycles. The van der Waals surface area contributed by atoms with E-state index < -0.39 is 0 Å². The number of nitriles is 2. The van der Waals surface area contributed by atoms with Gasteiger partial charge in [0.25, 0.3) is 0 Å². The van der Waals surface area contributed by atoms with Gasteiger partial charge in [0, 0.05) is 18.0 Å². The molecule has 31 heavy (non-hydrogen) atoms. The van der Waals surface area contributed by atoms with Crippen LogP contribution < -0.4 is 5.32 Å². The van der Waals surface area contributed by atoms with Gasteiger partial charge in [-0.3, -0.25) is 0 Å². The molecule has 4 heteroatoms. The summed E-state index contributed by atoms with van der Waals surface area (Å²) in [6.07, 6.45) is 1.08. The molecular formula is C27H26FN3. The van der Waals surface area contributed by atoms with Gasteiger partial charge in [0.15, 0.2) is 0 Å². The number of hydrogen-bond acceptors (Lipinski definition) is 3. The predicted molar refractivity (Wildman–Crippen MR) is 121 cm³/mol. The number of rotatable bonds is 8. The normalized spacial score (nSPS) is 13.6. The summed E-state index contributed by atoms with van der Waals surface area (Å²) in [6.45, 7) is 4.17. The number of aryl methyl sites for hydroxylation is 1. The highest BCUT2D eigenvalue weighted by molar-refractivity contribution is 5.36. The van der Waals surface area contributed by atoms with E-state index in [4.69, 9.17) is 0 Å². The molecule has 0 aromatic heterocycles. The van der Waals surface area contributed by atoms with Crippen LogP contribution in [0.5, 0.6) is 0 Å². The van der Waals surface area contributed by atoms with Gasteiger partial charge in [-0.2, -0.15) is 10.5 Å². The first-order valence-corrected chi connectivity index (χ1v) is 10.4. The summed E-state index contributed by atoms with van der Waals surface area (Å²) in [5.41, 5.74) is 5.02. The zero-order valence-electron chi connectivity index (χ0n) is 17.8. The molecule has 3 aromatic carbocycles. The van der Waals surface area contributed by atoms with Gasteiger partial charge < -0.3 is 5.32 Å². The molecule has 0 spiro atoms. The third-order valence-corrected chi connectivity index (χ3v) is 5.66. The molecule has 156 valence electrons. The third-order valence-electron chi connectivity index (χ3n) is 5.66. The zero-order chi connectivity index (χ0) is 22.2. The Morgan fingerprint density at radius 3 is 2.29 bits per heavy atom. The quantitative estimate of drug-likeness (QED) is 0.497. The van der Waals surface area contributed by atoms with Gasteiger partial charge in [-0.25, -0.2) is 4.39 Å². The van der Waals surface area contributed by atoms with Crippen LogP contribution in [0.1, 0.15) is 53.1 Å². The summed E-state index contributed by atoms with van der Waals surface area (Å²) >= 11 is 0. The van der Waals surface area contributed by atoms with Crippen molar-refractivity contribution in [1.29, 1.82) is 10.5 Å². The molecule has 0 radical (unpaired) electrons. The summed E-state index contributed by atoms with van der Waals surface area (Å²) in [6, 6.07) is 26.8. The van der Waals surface area contributed by atoms with E-state index in [-0.39, 0.29) is 30.2 Å². The maximum absolute atomic E-state index is 13.4. The molecule has 3 aromatic rings. The summed E-state index contributed by atoms with van der Waals surface area (Å²) in [7, 11) is 0. The number of halogens is 1. The first-order valence-electron chi connectivity index (χ1n) is 10.4. The molecule has 0 saturated carbocycles. The van der Waals surface area contributed by atoms with Crippen molar-refractivity contribution in [3.05, 3.63) is 106 Å². The number of nitrogens with zero attached hydrogens (tertiary/aromatic N) is 2. The molecule has 0 aliphatic heterocycles. The fourth-order valence-electron chi connectivity index (χ4n) is 3.89. The molecule has 0 fully saturated rings. The fraction of sp³-hybridized carbons (Fsp3) is 0.259.